The summed E-state index contributed by atoms with van der Waals surface area (Å²) in [7, 11) is 0. The van der Waals surface area contributed by atoms with Crippen LogP contribution in [-0.2, 0) is 4.74 Å². The molecule has 1 rings (SSSR count). The van der Waals surface area contributed by atoms with Crippen LogP contribution in [0, 0.1) is 0 Å². The number of hydrogen-bond acceptors (Lipinski definition) is 3. The van der Waals surface area contributed by atoms with E-state index >= 15 is 0 Å². The third-order valence-corrected chi connectivity index (χ3v) is 1.97. The van der Waals surface area contributed by atoms with E-state index in [2.05, 4.69) is 11.2 Å². The van der Waals surface area contributed by atoms with Crippen molar-refractivity contribution in [3.05, 3.63) is 0 Å². The molecule has 0 aliphatic carbocycles. The van der Waals surface area contributed by atoms with Crippen molar-refractivity contribution >= 4 is 11.8 Å². The summed E-state index contributed by atoms with van der Waals surface area (Å²) in [5, 5.41) is 0. The minimum Gasteiger partial charge on any atom is -0.366 e. The fourth-order valence-electron chi connectivity index (χ4n) is 0.933. The zero-order valence-electron chi connectivity index (χ0n) is 5.80. The molecule has 0 aromatic rings. The Kier molecular flexibility index (Phi) is 3.40. The summed E-state index contributed by atoms with van der Waals surface area (Å²) >= 11 is 1.85. The monoisotopic (exact) mass is 147 g/mol. The van der Waals surface area contributed by atoms with Crippen LogP contribution in [0.25, 0.3) is 0 Å². The third-order valence-electron chi connectivity index (χ3n) is 1.35. The van der Waals surface area contributed by atoms with Crippen molar-refractivity contribution in [3.8, 4) is 0 Å². The van der Waals surface area contributed by atoms with Gasteiger partial charge in [0.05, 0.1) is 6.73 Å². The molecule has 3 heteroatoms. The summed E-state index contributed by atoms with van der Waals surface area (Å²) in [6, 6.07) is 0. The van der Waals surface area contributed by atoms with E-state index < -0.39 is 0 Å². The predicted octanol–water partition coefficient (Wildman–Crippen LogP) is 0.987. The Balaban J connectivity index is 2.08. The molecule has 2 nitrogen and oxygen atoms in total. The van der Waals surface area contributed by atoms with Crippen LogP contribution in [0.4, 0.5) is 0 Å². The minimum atomic E-state index is 0.834. The molecule has 1 heterocycles. The third kappa shape index (κ3) is 2.56. The first-order valence-electron chi connectivity index (χ1n) is 3.22. The van der Waals surface area contributed by atoms with Gasteiger partial charge in [-0.25, -0.2) is 0 Å². The topological polar surface area (TPSA) is 12.5 Å². The number of hydrogen-bond donors (Lipinski definition) is 0. The molecule has 0 bridgehead atoms. The number of nitrogens with zero attached hydrogens (tertiary/aromatic N) is 1. The Morgan fingerprint density at radius 3 is 3.11 bits per heavy atom. The van der Waals surface area contributed by atoms with Crippen molar-refractivity contribution in [1.29, 1.82) is 0 Å². The highest BCUT2D eigenvalue weighted by molar-refractivity contribution is 7.98. The Bertz CT molecular complexity index is 70.7. The molecule has 1 fully saturated rings. The zero-order chi connectivity index (χ0) is 6.53. The van der Waals surface area contributed by atoms with Gasteiger partial charge in [0.2, 0.25) is 0 Å². The van der Waals surface area contributed by atoms with E-state index in [0.29, 0.717) is 0 Å². The lowest BCUT2D eigenvalue weighted by Gasteiger charge is -2.25. The highest BCUT2D eigenvalue weighted by atomic mass is 32.2. The van der Waals surface area contributed by atoms with Crippen LogP contribution < -0.4 is 0 Å². The molecule has 0 spiro atoms. The van der Waals surface area contributed by atoms with Crippen LogP contribution in [0.3, 0.4) is 0 Å². The molecule has 1 aliphatic heterocycles. The quantitative estimate of drug-likeness (QED) is 0.578. The van der Waals surface area contributed by atoms with Gasteiger partial charge in [-0.15, -0.1) is 11.8 Å². The second-order valence-corrected chi connectivity index (χ2v) is 3.04. The van der Waals surface area contributed by atoms with Crippen LogP contribution in [0.5, 0.6) is 0 Å². The maximum absolute atomic E-state index is 5.25. The van der Waals surface area contributed by atoms with Crippen LogP contribution in [0.2, 0.25) is 0 Å². The minimum absolute atomic E-state index is 0.834. The van der Waals surface area contributed by atoms with E-state index in [1.807, 2.05) is 11.8 Å². The Hall–Kier alpha value is 0.270. The fraction of sp³-hybridized carbons (Fsp3) is 1.00. The standard InChI is InChI=1S/C6H13NOS/c1-9-6-7-3-2-4-8-5-7/h2-6H2,1H3. The Morgan fingerprint density at radius 1 is 1.67 bits per heavy atom. The molecule has 9 heavy (non-hydrogen) atoms. The molecule has 0 N–H and O–H groups in total. The van der Waals surface area contributed by atoms with Crippen LogP contribution >= 0.6 is 11.8 Å². The van der Waals surface area contributed by atoms with E-state index in [1.54, 1.807) is 0 Å². The van der Waals surface area contributed by atoms with E-state index in [9.17, 15) is 0 Å². The maximum Gasteiger partial charge on any atom is 0.0996 e. The summed E-state index contributed by atoms with van der Waals surface area (Å²) in [5.74, 6) is 1.11. The summed E-state index contributed by atoms with van der Waals surface area (Å²) in [6.07, 6.45) is 3.31. The Labute approximate surface area is 60.6 Å². The SMILES string of the molecule is CSCN1CCCOC1. The summed E-state index contributed by atoms with van der Waals surface area (Å²) in [5.41, 5.74) is 0. The molecule has 0 aromatic heterocycles. The van der Waals surface area contributed by atoms with Gasteiger partial charge < -0.3 is 4.74 Å². The zero-order valence-corrected chi connectivity index (χ0v) is 6.62. The lowest BCUT2D eigenvalue weighted by atomic mass is 10.4. The fourth-order valence-corrected chi connectivity index (χ4v) is 1.50. The normalized spacial score (nSPS) is 22.3. The van der Waals surface area contributed by atoms with Crippen molar-refractivity contribution in [2.75, 3.05) is 32.0 Å². The molecule has 0 radical (unpaired) electrons. The summed E-state index contributed by atoms with van der Waals surface area (Å²) < 4.78 is 5.25. The first-order chi connectivity index (χ1) is 4.43. The molecule has 54 valence electrons. The smallest absolute Gasteiger partial charge is 0.0996 e. The molecule has 1 saturated heterocycles. The number of ether oxygens (including phenoxy) is 1. The van der Waals surface area contributed by atoms with Gasteiger partial charge in [0.25, 0.3) is 0 Å². The van der Waals surface area contributed by atoms with Gasteiger partial charge in [0, 0.05) is 19.0 Å². The van der Waals surface area contributed by atoms with Gasteiger partial charge in [-0.1, -0.05) is 0 Å². The van der Waals surface area contributed by atoms with Crippen LogP contribution in [0.15, 0.2) is 0 Å². The van der Waals surface area contributed by atoms with Gasteiger partial charge in [0.15, 0.2) is 0 Å². The van der Waals surface area contributed by atoms with Crippen molar-refractivity contribution in [1.82, 2.24) is 4.90 Å². The molecule has 1 aliphatic rings. The molecule has 0 atom stereocenters. The van der Waals surface area contributed by atoms with Crippen molar-refractivity contribution in [2.45, 2.75) is 6.42 Å². The van der Waals surface area contributed by atoms with Crippen molar-refractivity contribution in [3.63, 3.8) is 0 Å². The first kappa shape index (κ1) is 7.38. The van der Waals surface area contributed by atoms with E-state index in [0.717, 1.165) is 19.2 Å². The molecular weight excluding hydrogens is 134 g/mol. The van der Waals surface area contributed by atoms with Crippen molar-refractivity contribution < 1.29 is 4.74 Å². The van der Waals surface area contributed by atoms with Gasteiger partial charge in [-0.2, -0.15) is 0 Å². The largest absolute Gasteiger partial charge is 0.366 e. The molecular formula is C6H13NOS. The highest BCUT2D eigenvalue weighted by Gasteiger charge is 2.07. The number of rotatable bonds is 2. The molecule has 0 aromatic carbocycles. The van der Waals surface area contributed by atoms with Crippen LogP contribution in [0.1, 0.15) is 6.42 Å². The van der Waals surface area contributed by atoms with Crippen molar-refractivity contribution in [2.24, 2.45) is 0 Å². The molecule has 0 saturated carbocycles. The van der Waals surface area contributed by atoms with E-state index in [1.165, 1.54) is 13.0 Å². The first-order valence-corrected chi connectivity index (χ1v) is 4.62. The van der Waals surface area contributed by atoms with Gasteiger partial charge >= 0.3 is 0 Å². The summed E-state index contributed by atoms with van der Waals surface area (Å²) in [4.78, 5) is 2.31. The average molecular weight is 147 g/mol. The van der Waals surface area contributed by atoms with Crippen LogP contribution in [-0.4, -0.2) is 36.9 Å². The summed E-state index contributed by atoms with van der Waals surface area (Å²) in [6.45, 7) is 2.99. The Morgan fingerprint density at radius 2 is 2.56 bits per heavy atom. The van der Waals surface area contributed by atoms with Gasteiger partial charge in [-0.3, -0.25) is 4.90 Å². The van der Waals surface area contributed by atoms with E-state index in [-0.39, 0.29) is 0 Å². The molecule has 0 unspecified atom stereocenters. The number of thioether (sulfide) groups is 1. The average Bonchev–Trinajstić information content (AvgIpc) is 1.91. The lowest BCUT2D eigenvalue weighted by molar-refractivity contribution is -0.00233. The predicted molar refractivity (Wildman–Crippen MR) is 40.5 cm³/mol. The maximum atomic E-state index is 5.25. The molecule has 0 amide bonds. The lowest BCUT2D eigenvalue weighted by Crippen LogP contribution is -2.32. The van der Waals surface area contributed by atoms with Gasteiger partial charge in [-0.05, 0) is 12.7 Å². The van der Waals surface area contributed by atoms with Gasteiger partial charge in [0.1, 0.15) is 0 Å². The van der Waals surface area contributed by atoms with E-state index in [4.69, 9.17) is 4.74 Å². The highest BCUT2D eigenvalue weighted by Crippen LogP contribution is 2.04. The second-order valence-electron chi connectivity index (χ2n) is 2.20. The second kappa shape index (κ2) is 4.14.